The van der Waals surface area contributed by atoms with E-state index in [1.807, 2.05) is 0 Å². The molecule has 3 N–H and O–H groups in total. The third-order valence-corrected chi connectivity index (χ3v) is 10.1. The molecule has 2 saturated heterocycles. The van der Waals surface area contributed by atoms with Crippen molar-refractivity contribution in [2.24, 2.45) is 10.8 Å². The van der Waals surface area contributed by atoms with Crippen molar-refractivity contribution in [3.8, 4) is 5.75 Å². The highest BCUT2D eigenvalue weighted by molar-refractivity contribution is 7.92. The molecule has 0 aromatic carbocycles. The lowest BCUT2D eigenvalue weighted by Crippen LogP contribution is -2.36. The fourth-order valence-corrected chi connectivity index (χ4v) is 6.73. The van der Waals surface area contributed by atoms with Gasteiger partial charge in [0.25, 0.3) is 5.91 Å². The van der Waals surface area contributed by atoms with Crippen molar-refractivity contribution in [2.75, 3.05) is 65.2 Å². The Morgan fingerprint density at radius 1 is 1.02 bits per heavy atom. The number of nitrogens with zero attached hydrogens (tertiary/aromatic N) is 4. The molecule has 4 heterocycles. The van der Waals surface area contributed by atoms with Gasteiger partial charge in [-0.25, -0.2) is 22.8 Å². The Morgan fingerprint density at radius 2 is 1.73 bits per heavy atom. The maximum Gasteiger partial charge on any atom is 0.260 e. The number of carbonyl (C=O) groups excluding carboxylic acids is 1. The number of hydrogen-bond acceptors (Lipinski definition) is 9. The molecule has 216 valence electrons. The van der Waals surface area contributed by atoms with E-state index >= 15 is 0 Å². The first kappa shape index (κ1) is 27.0. The number of aliphatic hydroxyl groups excluding tert-OH is 1. The molecule has 13 heteroatoms. The number of aliphatic hydroxyl groups is 1. The number of rotatable bonds is 10. The zero-order valence-corrected chi connectivity index (χ0v) is 23.2. The molecule has 0 unspecified atom stereocenters. The Kier molecular flexibility index (Phi) is 6.97. The number of amides is 1. The summed E-state index contributed by atoms with van der Waals surface area (Å²) in [4.78, 5) is 26.6. The summed E-state index contributed by atoms with van der Waals surface area (Å²) in [7, 11) is -3.78. The van der Waals surface area contributed by atoms with Gasteiger partial charge in [-0.05, 0) is 67.9 Å². The molecule has 2 aliphatic carbocycles. The van der Waals surface area contributed by atoms with Crippen LogP contribution < -0.4 is 24.6 Å². The van der Waals surface area contributed by atoms with E-state index in [1.165, 1.54) is 31.9 Å². The zero-order chi connectivity index (χ0) is 28.0. The van der Waals surface area contributed by atoms with E-state index in [0.29, 0.717) is 39.5 Å². The average Bonchev–Trinajstić information content (AvgIpc) is 3.82. The van der Waals surface area contributed by atoms with Gasteiger partial charge < -0.3 is 25.0 Å². The summed E-state index contributed by atoms with van der Waals surface area (Å²) in [6.45, 7) is 1.64. The molecule has 0 atom stereocenters. The minimum Gasteiger partial charge on any atom is -0.459 e. The molecule has 0 bridgehead atoms. The van der Waals surface area contributed by atoms with E-state index in [-0.39, 0.29) is 5.82 Å². The van der Waals surface area contributed by atoms with E-state index in [2.05, 4.69) is 29.8 Å². The van der Waals surface area contributed by atoms with Crippen LogP contribution in [0.5, 0.6) is 5.75 Å². The lowest BCUT2D eigenvalue weighted by molar-refractivity contribution is 0.102. The summed E-state index contributed by atoms with van der Waals surface area (Å²) in [6.07, 6.45) is 9.26. The molecule has 0 radical (unpaired) electrons. The molecular weight excluding hydrogens is 539 g/mol. The summed E-state index contributed by atoms with van der Waals surface area (Å²) in [5.74, 6) is 0.350. The highest BCUT2D eigenvalue weighted by Gasteiger charge is 2.48. The van der Waals surface area contributed by atoms with E-state index < -0.39 is 35.2 Å². The predicted octanol–water partition coefficient (Wildman–Crippen LogP) is 3.14. The molecule has 11 nitrogen and oxygen atoms in total. The van der Waals surface area contributed by atoms with Crippen LogP contribution in [0.3, 0.4) is 0 Å². The predicted molar refractivity (Wildman–Crippen MR) is 149 cm³/mol. The SMILES string of the molecule is O=C(Nc1ccc(OCF)c(N2CCC3(CC3)C2)n1)c1cnc(NS(=O)(=O)CCO)cc1N1CCC2(CC1)CC2. The lowest BCUT2D eigenvalue weighted by atomic mass is 9.93. The number of nitrogens with one attached hydrogen (secondary N) is 2. The number of alkyl halides is 1. The van der Waals surface area contributed by atoms with Crippen LogP contribution in [0, 0.1) is 10.8 Å². The van der Waals surface area contributed by atoms with Crippen LogP contribution in [0.1, 0.15) is 55.3 Å². The van der Waals surface area contributed by atoms with Crippen molar-refractivity contribution in [1.82, 2.24) is 9.97 Å². The Hall–Kier alpha value is -3.19. The molecule has 2 aliphatic heterocycles. The fourth-order valence-electron chi connectivity index (χ4n) is 5.95. The van der Waals surface area contributed by atoms with Crippen LogP contribution in [0.2, 0.25) is 0 Å². The first-order valence-corrected chi connectivity index (χ1v) is 15.5. The molecule has 2 aromatic heterocycles. The Bertz CT molecular complexity index is 1390. The topological polar surface area (TPSA) is 137 Å². The van der Waals surface area contributed by atoms with Crippen molar-refractivity contribution < 1.29 is 27.4 Å². The maximum atomic E-state index is 13.6. The normalized spacial score (nSPS) is 20.6. The highest BCUT2D eigenvalue weighted by atomic mass is 32.2. The number of piperidine rings is 1. The van der Waals surface area contributed by atoms with Crippen LogP contribution in [0.4, 0.5) is 27.5 Å². The molecule has 4 fully saturated rings. The summed E-state index contributed by atoms with van der Waals surface area (Å²) in [6, 6.07) is 4.77. The van der Waals surface area contributed by atoms with E-state index in [0.717, 1.165) is 45.4 Å². The Balaban J connectivity index is 1.26. The van der Waals surface area contributed by atoms with Crippen molar-refractivity contribution in [2.45, 2.75) is 44.9 Å². The van der Waals surface area contributed by atoms with Gasteiger partial charge in [0.1, 0.15) is 11.6 Å². The minimum absolute atomic E-state index is 0.0860. The molecular formula is C27H35FN6O5S. The van der Waals surface area contributed by atoms with Crippen LogP contribution in [-0.2, 0) is 10.0 Å². The first-order valence-electron chi connectivity index (χ1n) is 13.9. The first-order chi connectivity index (χ1) is 19.2. The molecule has 2 saturated carbocycles. The van der Waals surface area contributed by atoms with Crippen molar-refractivity contribution in [3.05, 3.63) is 30.0 Å². The quantitative estimate of drug-likeness (QED) is 0.391. The Morgan fingerprint density at radius 3 is 2.38 bits per heavy atom. The van der Waals surface area contributed by atoms with Gasteiger partial charge in [-0.2, -0.15) is 0 Å². The summed E-state index contributed by atoms with van der Waals surface area (Å²) in [5.41, 5.74) is 1.61. The number of ether oxygens (including phenoxy) is 1. The van der Waals surface area contributed by atoms with Crippen molar-refractivity contribution in [3.63, 3.8) is 0 Å². The minimum atomic E-state index is -3.78. The van der Waals surface area contributed by atoms with Crippen LogP contribution in [0.25, 0.3) is 0 Å². The largest absolute Gasteiger partial charge is 0.459 e. The van der Waals surface area contributed by atoms with Gasteiger partial charge in [0.15, 0.2) is 11.6 Å². The maximum absolute atomic E-state index is 13.6. The van der Waals surface area contributed by atoms with Crippen molar-refractivity contribution in [1.29, 1.82) is 0 Å². The van der Waals surface area contributed by atoms with Gasteiger partial charge in [-0.3, -0.25) is 9.52 Å². The number of halogens is 1. The number of aromatic nitrogens is 2. The molecule has 40 heavy (non-hydrogen) atoms. The monoisotopic (exact) mass is 574 g/mol. The lowest BCUT2D eigenvalue weighted by Gasteiger charge is -2.35. The van der Waals surface area contributed by atoms with Gasteiger partial charge in [0, 0.05) is 38.4 Å². The summed E-state index contributed by atoms with van der Waals surface area (Å²) >= 11 is 0. The number of anilines is 4. The molecule has 2 aromatic rings. The third kappa shape index (κ3) is 5.67. The number of hydrogen-bond donors (Lipinski definition) is 3. The van der Waals surface area contributed by atoms with Crippen LogP contribution in [0.15, 0.2) is 24.4 Å². The molecule has 6 rings (SSSR count). The Labute approximate surface area is 233 Å². The van der Waals surface area contributed by atoms with Crippen LogP contribution >= 0.6 is 0 Å². The van der Waals surface area contributed by atoms with Gasteiger partial charge in [0.2, 0.25) is 16.9 Å². The van der Waals surface area contributed by atoms with Gasteiger partial charge in [-0.15, -0.1) is 0 Å². The smallest absolute Gasteiger partial charge is 0.260 e. The van der Waals surface area contributed by atoms with E-state index in [1.54, 1.807) is 18.2 Å². The highest BCUT2D eigenvalue weighted by Crippen LogP contribution is 2.55. The average molecular weight is 575 g/mol. The number of sulfonamides is 1. The standard InChI is InChI=1S/C27H35FN6O5S/c28-18-39-21-1-2-22(30-24(21)34-12-9-27(17-34)5-6-27)31-25(36)19-16-29-23(32-40(37,38)14-13-35)15-20(19)33-10-7-26(3-4-26)8-11-33/h1-2,15-16,35H,3-14,17-18H2,(H,29,32)(H,30,31,36). The third-order valence-electron chi connectivity index (χ3n) is 8.85. The van der Waals surface area contributed by atoms with Crippen molar-refractivity contribution >= 4 is 39.1 Å². The molecule has 1 amide bonds. The van der Waals surface area contributed by atoms with Gasteiger partial charge >= 0.3 is 0 Å². The van der Waals surface area contributed by atoms with E-state index in [4.69, 9.17) is 9.84 Å². The summed E-state index contributed by atoms with van der Waals surface area (Å²) < 4.78 is 45.2. The second-order valence-electron chi connectivity index (χ2n) is 11.6. The zero-order valence-electron chi connectivity index (χ0n) is 22.4. The summed E-state index contributed by atoms with van der Waals surface area (Å²) in [5, 5.41) is 11.9. The van der Waals surface area contributed by atoms with Crippen LogP contribution in [-0.4, -0.2) is 74.8 Å². The van der Waals surface area contributed by atoms with Gasteiger partial charge in [0.05, 0.1) is 23.6 Å². The van der Waals surface area contributed by atoms with Gasteiger partial charge in [-0.1, -0.05) is 0 Å². The second-order valence-corrected chi connectivity index (χ2v) is 13.5. The molecule has 2 spiro atoms. The number of pyridine rings is 2. The fraction of sp³-hybridized carbons (Fsp3) is 0.593. The molecule has 4 aliphatic rings. The van der Waals surface area contributed by atoms with E-state index in [9.17, 15) is 17.6 Å². The number of carbonyl (C=O) groups is 1. The second kappa shape index (κ2) is 10.3.